The van der Waals surface area contributed by atoms with Crippen LogP contribution in [0.4, 0.5) is 0 Å². The summed E-state index contributed by atoms with van der Waals surface area (Å²) in [6.07, 6.45) is 2.73. The summed E-state index contributed by atoms with van der Waals surface area (Å²) >= 11 is 0. The number of nitrogens with zero attached hydrogens (tertiary/aromatic N) is 3. The van der Waals surface area contributed by atoms with Crippen molar-refractivity contribution in [2.75, 3.05) is 67.0 Å². The Balaban J connectivity index is 1.86. The summed E-state index contributed by atoms with van der Waals surface area (Å²) in [5, 5.41) is 3.44. The van der Waals surface area contributed by atoms with Crippen LogP contribution in [0, 0.1) is 5.92 Å². The van der Waals surface area contributed by atoms with Gasteiger partial charge in [-0.25, -0.2) is 0 Å². The van der Waals surface area contributed by atoms with Gasteiger partial charge in [-0.1, -0.05) is 0 Å². The zero-order valence-corrected chi connectivity index (χ0v) is 12.4. The number of hydrogen-bond acceptors (Lipinski definition) is 4. The minimum atomic E-state index is 0.733. The first kappa shape index (κ1) is 14.3. The number of piperidine rings is 1. The molecule has 1 atom stereocenters. The molecule has 2 saturated heterocycles. The average molecular weight is 254 g/mol. The molecule has 1 N–H and O–H groups in total. The van der Waals surface area contributed by atoms with Crippen molar-refractivity contribution < 1.29 is 0 Å². The largest absolute Gasteiger partial charge is 0.314 e. The molecule has 2 heterocycles. The van der Waals surface area contributed by atoms with E-state index in [0.717, 1.165) is 25.0 Å². The third kappa shape index (κ3) is 3.92. The van der Waals surface area contributed by atoms with Crippen LogP contribution in [-0.2, 0) is 0 Å². The van der Waals surface area contributed by atoms with Gasteiger partial charge < -0.3 is 15.1 Å². The minimum absolute atomic E-state index is 0.733. The van der Waals surface area contributed by atoms with Crippen LogP contribution in [-0.4, -0.2) is 87.7 Å². The van der Waals surface area contributed by atoms with Crippen LogP contribution < -0.4 is 5.32 Å². The minimum Gasteiger partial charge on any atom is -0.314 e. The Bertz CT molecular complexity index is 230. The molecule has 0 spiro atoms. The van der Waals surface area contributed by atoms with Gasteiger partial charge in [-0.3, -0.25) is 4.90 Å². The van der Waals surface area contributed by atoms with Crippen LogP contribution in [0.25, 0.3) is 0 Å². The number of rotatable bonds is 4. The molecule has 0 bridgehead atoms. The van der Waals surface area contributed by atoms with Gasteiger partial charge in [-0.05, 0) is 53.0 Å². The Morgan fingerprint density at radius 3 is 2.28 bits per heavy atom. The van der Waals surface area contributed by atoms with Gasteiger partial charge in [0.1, 0.15) is 0 Å². The lowest BCUT2D eigenvalue weighted by Gasteiger charge is -2.41. The second-order valence-electron chi connectivity index (χ2n) is 6.22. The molecule has 0 aromatic rings. The first-order chi connectivity index (χ1) is 8.66. The summed E-state index contributed by atoms with van der Waals surface area (Å²) in [6, 6.07) is 0.733. The van der Waals surface area contributed by atoms with E-state index in [4.69, 9.17) is 0 Å². The summed E-state index contributed by atoms with van der Waals surface area (Å²) in [4.78, 5) is 7.56. The predicted octanol–water partition coefficient (Wildman–Crippen LogP) is 0.164. The van der Waals surface area contributed by atoms with E-state index in [1.165, 1.54) is 45.6 Å². The van der Waals surface area contributed by atoms with Gasteiger partial charge in [-0.2, -0.15) is 0 Å². The van der Waals surface area contributed by atoms with Gasteiger partial charge >= 0.3 is 0 Å². The molecule has 0 saturated carbocycles. The van der Waals surface area contributed by atoms with E-state index >= 15 is 0 Å². The Labute approximate surface area is 112 Å². The lowest BCUT2D eigenvalue weighted by atomic mass is 9.88. The van der Waals surface area contributed by atoms with E-state index in [1.54, 1.807) is 0 Å². The van der Waals surface area contributed by atoms with Gasteiger partial charge in [0, 0.05) is 38.8 Å². The summed E-state index contributed by atoms with van der Waals surface area (Å²) < 4.78 is 0. The first-order valence-electron chi connectivity index (χ1n) is 7.45. The molecule has 0 radical (unpaired) electrons. The molecule has 2 aliphatic rings. The van der Waals surface area contributed by atoms with E-state index in [9.17, 15) is 0 Å². The van der Waals surface area contributed by atoms with E-state index in [2.05, 4.69) is 41.2 Å². The summed E-state index contributed by atoms with van der Waals surface area (Å²) in [7, 11) is 6.76. The standard InChI is InChI=1S/C14H30N4/c1-16(2)14(12-18-10-6-15-7-11-18)13-4-8-17(3)9-5-13/h13-15H,4-12H2,1-3H3. The fourth-order valence-corrected chi connectivity index (χ4v) is 3.31. The molecule has 1 unspecified atom stereocenters. The van der Waals surface area contributed by atoms with Crippen molar-refractivity contribution >= 4 is 0 Å². The zero-order chi connectivity index (χ0) is 13.0. The van der Waals surface area contributed by atoms with Crippen LogP contribution in [0.5, 0.6) is 0 Å². The molecule has 0 aromatic carbocycles. The summed E-state index contributed by atoms with van der Waals surface area (Å²) in [5.41, 5.74) is 0. The maximum atomic E-state index is 3.44. The molecule has 0 aliphatic carbocycles. The molecule has 2 aliphatic heterocycles. The maximum Gasteiger partial charge on any atom is 0.0246 e. The zero-order valence-electron chi connectivity index (χ0n) is 12.4. The van der Waals surface area contributed by atoms with E-state index < -0.39 is 0 Å². The first-order valence-corrected chi connectivity index (χ1v) is 7.45. The van der Waals surface area contributed by atoms with E-state index in [0.29, 0.717) is 0 Å². The monoisotopic (exact) mass is 254 g/mol. The van der Waals surface area contributed by atoms with E-state index in [1.807, 2.05) is 0 Å². The predicted molar refractivity (Wildman–Crippen MR) is 77.0 cm³/mol. The van der Waals surface area contributed by atoms with Crippen LogP contribution in [0.15, 0.2) is 0 Å². The summed E-state index contributed by atoms with van der Waals surface area (Å²) in [5.74, 6) is 0.881. The van der Waals surface area contributed by atoms with E-state index in [-0.39, 0.29) is 0 Å². The van der Waals surface area contributed by atoms with Crippen molar-refractivity contribution in [2.24, 2.45) is 5.92 Å². The molecule has 0 amide bonds. The number of piperazine rings is 1. The lowest BCUT2D eigenvalue weighted by Crippen LogP contribution is -2.52. The SMILES string of the molecule is CN1CCC(C(CN2CCNCC2)N(C)C)CC1. The number of likely N-dealkylation sites (N-methyl/N-ethyl adjacent to an activating group) is 1. The van der Waals surface area contributed by atoms with Gasteiger partial charge in [0.2, 0.25) is 0 Å². The van der Waals surface area contributed by atoms with Crippen LogP contribution in [0.3, 0.4) is 0 Å². The molecular weight excluding hydrogens is 224 g/mol. The molecule has 4 nitrogen and oxygen atoms in total. The molecule has 18 heavy (non-hydrogen) atoms. The molecule has 2 fully saturated rings. The lowest BCUT2D eigenvalue weighted by molar-refractivity contribution is 0.0904. The van der Waals surface area contributed by atoms with Crippen LogP contribution in [0.1, 0.15) is 12.8 Å². The van der Waals surface area contributed by atoms with Crippen molar-refractivity contribution in [2.45, 2.75) is 18.9 Å². The van der Waals surface area contributed by atoms with Gasteiger partial charge in [-0.15, -0.1) is 0 Å². The van der Waals surface area contributed by atoms with Crippen LogP contribution >= 0.6 is 0 Å². The molecule has 0 aromatic heterocycles. The second kappa shape index (κ2) is 6.85. The Morgan fingerprint density at radius 2 is 1.72 bits per heavy atom. The second-order valence-corrected chi connectivity index (χ2v) is 6.22. The summed E-state index contributed by atoms with van der Waals surface area (Å²) in [6.45, 7) is 8.56. The van der Waals surface area contributed by atoms with Crippen molar-refractivity contribution in [3.63, 3.8) is 0 Å². The van der Waals surface area contributed by atoms with Crippen LogP contribution in [0.2, 0.25) is 0 Å². The van der Waals surface area contributed by atoms with Crippen molar-refractivity contribution in [1.82, 2.24) is 20.0 Å². The van der Waals surface area contributed by atoms with Gasteiger partial charge in [0.05, 0.1) is 0 Å². The quantitative estimate of drug-likeness (QED) is 0.772. The van der Waals surface area contributed by atoms with Crippen molar-refractivity contribution in [3.05, 3.63) is 0 Å². The highest BCUT2D eigenvalue weighted by Gasteiger charge is 2.28. The van der Waals surface area contributed by atoms with Crippen molar-refractivity contribution in [3.8, 4) is 0 Å². The maximum absolute atomic E-state index is 3.44. The Hall–Kier alpha value is -0.160. The fraction of sp³-hybridized carbons (Fsp3) is 1.00. The fourth-order valence-electron chi connectivity index (χ4n) is 3.31. The smallest absolute Gasteiger partial charge is 0.0246 e. The van der Waals surface area contributed by atoms with Crippen molar-refractivity contribution in [1.29, 1.82) is 0 Å². The Morgan fingerprint density at radius 1 is 1.11 bits per heavy atom. The third-order valence-electron chi connectivity index (χ3n) is 4.63. The Kier molecular flexibility index (Phi) is 5.42. The highest BCUT2D eigenvalue weighted by Crippen LogP contribution is 2.23. The highest BCUT2D eigenvalue weighted by atomic mass is 15.2. The highest BCUT2D eigenvalue weighted by molar-refractivity contribution is 4.84. The normalized spacial score (nSPS) is 26.7. The van der Waals surface area contributed by atoms with Gasteiger partial charge in [0.15, 0.2) is 0 Å². The van der Waals surface area contributed by atoms with Gasteiger partial charge in [0.25, 0.3) is 0 Å². The topological polar surface area (TPSA) is 21.8 Å². The molecule has 106 valence electrons. The molecule has 2 rings (SSSR count). The number of hydrogen-bond donors (Lipinski definition) is 1. The molecular formula is C14H30N4. The number of nitrogens with one attached hydrogen (secondary N) is 1. The average Bonchev–Trinajstić information content (AvgIpc) is 2.38. The number of likely N-dealkylation sites (tertiary alicyclic amines) is 1. The molecule has 4 heteroatoms. The third-order valence-corrected chi connectivity index (χ3v) is 4.63.